The minimum Gasteiger partial charge on any atom is -0.488 e. The molecule has 10 heteroatoms. The van der Waals surface area contributed by atoms with Crippen LogP contribution in [0.25, 0.3) is 5.65 Å². The first-order valence-corrected chi connectivity index (χ1v) is 8.81. The number of ether oxygens (including phenoxy) is 1. The summed E-state index contributed by atoms with van der Waals surface area (Å²) in [5.41, 5.74) is 6.28. The van der Waals surface area contributed by atoms with E-state index in [0.717, 1.165) is 4.68 Å². The summed E-state index contributed by atoms with van der Waals surface area (Å²) in [4.78, 5) is 16.6. The fourth-order valence-corrected chi connectivity index (χ4v) is 2.88. The van der Waals surface area contributed by atoms with Crippen LogP contribution in [0.5, 0.6) is 5.75 Å². The van der Waals surface area contributed by atoms with Crippen molar-refractivity contribution in [3.8, 4) is 17.6 Å². The summed E-state index contributed by atoms with van der Waals surface area (Å²) < 4.78 is 33.6. The molecule has 0 amide bonds. The summed E-state index contributed by atoms with van der Waals surface area (Å²) >= 11 is 0. The van der Waals surface area contributed by atoms with Crippen LogP contribution in [0.2, 0.25) is 0 Å². The topological polar surface area (TPSA) is 102 Å². The molecule has 0 aliphatic carbocycles. The Labute approximate surface area is 163 Å². The SMILES string of the molecule is NCC(Cn1[nH]c2cc(C#Cc3cnc4c(c3)OCCN4)cc[n+]2c1=O)=C(F)F. The molecule has 0 fully saturated rings. The van der Waals surface area contributed by atoms with Crippen LogP contribution in [0.1, 0.15) is 11.1 Å². The number of aromatic amines is 1. The predicted molar refractivity (Wildman–Crippen MR) is 101 cm³/mol. The van der Waals surface area contributed by atoms with Gasteiger partial charge in [0.05, 0.1) is 12.7 Å². The Morgan fingerprint density at radius 3 is 2.97 bits per heavy atom. The van der Waals surface area contributed by atoms with Crippen LogP contribution >= 0.6 is 0 Å². The standard InChI is InChI=1S/C19H16F2N6O2/c20-17(21)14(9-22)11-27-19(28)26-5-3-12(8-16(26)25-27)1-2-13-7-15-18(24-10-13)23-4-6-29-15/h3,5,7-8,10H,4,6,9,11,22H2,(H,23,24,25)/p+1. The Hall–Kier alpha value is -3.71. The highest BCUT2D eigenvalue weighted by atomic mass is 19.3. The molecule has 148 valence electrons. The maximum atomic E-state index is 12.8. The molecule has 0 saturated heterocycles. The summed E-state index contributed by atoms with van der Waals surface area (Å²) in [5, 5.41) is 5.93. The molecule has 29 heavy (non-hydrogen) atoms. The molecule has 0 radical (unpaired) electrons. The van der Waals surface area contributed by atoms with Crippen LogP contribution in [0.3, 0.4) is 0 Å². The van der Waals surface area contributed by atoms with Crippen molar-refractivity contribution >= 4 is 11.5 Å². The Morgan fingerprint density at radius 2 is 2.17 bits per heavy atom. The molecule has 3 aromatic heterocycles. The largest absolute Gasteiger partial charge is 0.488 e. The lowest BCUT2D eigenvalue weighted by atomic mass is 10.2. The number of nitrogens with one attached hydrogen (secondary N) is 2. The maximum absolute atomic E-state index is 12.8. The number of H-pyrrole nitrogens is 1. The third-order valence-electron chi connectivity index (χ3n) is 4.36. The van der Waals surface area contributed by atoms with E-state index in [9.17, 15) is 13.6 Å². The lowest BCUT2D eigenvalue weighted by Crippen LogP contribution is -2.41. The van der Waals surface area contributed by atoms with Crippen molar-refractivity contribution in [2.45, 2.75) is 6.54 Å². The van der Waals surface area contributed by atoms with Crippen molar-refractivity contribution in [2.24, 2.45) is 5.73 Å². The van der Waals surface area contributed by atoms with Crippen LogP contribution in [-0.4, -0.2) is 34.5 Å². The molecular weight excluding hydrogens is 382 g/mol. The van der Waals surface area contributed by atoms with Crippen molar-refractivity contribution in [3.05, 3.63) is 63.9 Å². The molecule has 0 atom stereocenters. The van der Waals surface area contributed by atoms with E-state index >= 15 is 0 Å². The molecule has 4 N–H and O–H groups in total. The molecule has 4 heterocycles. The fourth-order valence-electron chi connectivity index (χ4n) is 2.88. The first-order valence-electron chi connectivity index (χ1n) is 8.81. The van der Waals surface area contributed by atoms with Gasteiger partial charge in [-0.3, -0.25) is 0 Å². The lowest BCUT2D eigenvalue weighted by Gasteiger charge is -2.17. The number of hydrogen-bond donors (Lipinski definition) is 3. The molecule has 1 aliphatic rings. The van der Waals surface area contributed by atoms with E-state index in [-0.39, 0.29) is 18.7 Å². The molecule has 0 bridgehead atoms. The highest BCUT2D eigenvalue weighted by Crippen LogP contribution is 2.24. The van der Waals surface area contributed by atoms with Crippen molar-refractivity contribution < 1.29 is 17.9 Å². The van der Waals surface area contributed by atoms with Gasteiger partial charge < -0.3 is 15.8 Å². The summed E-state index contributed by atoms with van der Waals surface area (Å²) in [6.45, 7) is 0.632. The van der Waals surface area contributed by atoms with Crippen molar-refractivity contribution in [2.75, 3.05) is 25.0 Å². The molecular formula is C19H17F2N6O2+. The smallest absolute Gasteiger partial charge is 0.476 e. The van der Waals surface area contributed by atoms with E-state index in [0.29, 0.717) is 41.5 Å². The zero-order chi connectivity index (χ0) is 20.4. The molecule has 0 spiro atoms. The molecule has 8 nitrogen and oxygen atoms in total. The highest BCUT2D eigenvalue weighted by Gasteiger charge is 2.17. The molecule has 1 aliphatic heterocycles. The number of pyridine rings is 2. The van der Waals surface area contributed by atoms with Gasteiger partial charge in [-0.2, -0.15) is 18.3 Å². The average Bonchev–Trinajstić information content (AvgIpc) is 3.04. The van der Waals surface area contributed by atoms with E-state index in [4.69, 9.17) is 10.5 Å². The summed E-state index contributed by atoms with van der Waals surface area (Å²) in [6, 6.07) is 5.13. The van der Waals surface area contributed by atoms with Crippen LogP contribution in [-0.2, 0) is 6.54 Å². The summed E-state index contributed by atoms with van der Waals surface area (Å²) in [6.07, 6.45) is 1.29. The number of anilines is 1. The first kappa shape index (κ1) is 18.6. The van der Waals surface area contributed by atoms with Gasteiger partial charge in [0.15, 0.2) is 11.6 Å². The van der Waals surface area contributed by atoms with Gasteiger partial charge in [0.25, 0.3) is 11.7 Å². The summed E-state index contributed by atoms with van der Waals surface area (Å²) in [7, 11) is 0. The first-order chi connectivity index (χ1) is 14.0. The van der Waals surface area contributed by atoms with Gasteiger partial charge in [-0.1, -0.05) is 11.8 Å². The zero-order valence-electron chi connectivity index (χ0n) is 15.2. The van der Waals surface area contributed by atoms with E-state index in [1.807, 2.05) is 0 Å². The minimum absolute atomic E-state index is 0.309. The van der Waals surface area contributed by atoms with Gasteiger partial charge >= 0.3 is 5.69 Å². The van der Waals surface area contributed by atoms with Crippen LogP contribution in [0.4, 0.5) is 14.6 Å². The monoisotopic (exact) mass is 399 g/mol. The second kappa shape index (κ2) is 7.73. The fraction of sp³-hybridized carbons (Fsp3) is 0.211. The Bertz CT molecular complexity index is 1230. The quantitative estimate of drug-likeness (QED) is 0.443. The van der Waals surface area contributed by atoms with Crippen LogP contribution < -0.4 is 25.9 Å². The highest BCUT2D eigenvalue weighted by molar-refractivity contribution is 5.56. The second-order valence-electron chi connectivity index (χ2n) is 6.32. The number of nitrogens with two attached hydrogens (primary N) is 1. The summed E-state index contributed by atoms with van der Waals surface area (Å²) in [5.74, 6) is 7.34. The second-order valence-corrected chi connectivity index (χ2v) is 6.32. The van der Waals surface area contributed by atoms with E-state index in [1.54, 1.807) is 24.4 Å². The normalized spacial score (nSPS) is 12.4. The van der Waals surface area contributed by atoms with E-state index < -0.39 is 11.8 Å². The zero-order valence-corrected chi connectivity index (χ0v) is 15.2. The van der Waals surface area contributed by atoms with Gasteiger partial charge in [0.1, 0.15) is 13.2 Å². The van der Waals surface area contributed by atoms with Crippen molar-refractivity contribution in [1.29, 1.82) is 0 Å². The number of nitrogens with zero attached hydrogens (tertiary/aromatic N) is 3. The van der Waals surface area contributed by atoms with Gasteiger partial charge in [-0.15, -0.1) is 4.68 Å². The predicted octanol–water partition coefficient (Wildman–Crippen LogP) is 0.623. The molecule has 0 unspecified atom stereocenters. The number of rotatable bonds is 3. The van der Waals surface area contributed by atoms with Crippen molar-refractivity contribution in [1.82, 2.24) is 14.8 Å². The van der Waals surface area contributed by atoms with Gasteiger partial charge in [-0.25, -0.2) is 9.78 Å². The molecule has 3 aromatic rings. The Morgan fingerprint density at radius 1 is 1.34 bits per heavy atom. The maximum Gasteiger partial charge on any atom is 0.476 e. The Balaban J connectivity index is 1.63. The van der Waals surface area contributed by atoms with Crippen molar-refractivity contribution in [3.63, 3.8) is 0 Å². The number of fused-ring (bicyclic) bond motifs is 2. The van der Waals surface area contributed by atoms with Crippen LogP contribution in [0, 0.1) is 11.8 Å². The lowest BCUT2D eigenvalue weighted by molar-refractivity contribution is -0.530. The third-order valence-corrected chi connectivity index (χ3v) is 4.36. The minimum atomic E-state index is -1.88. The number of halogens is 2. The van der Waals surface area contributed by atoms with E-state index in [1.165, 1.54) is 10.6 Å². The average molecular weight is 399 g/mol. The van der Waals surface area contributed by atoms with Gasteiger partial charge in [0.2, 0.25) is 0 Å². The Kier molecular flexibility index (Phi) is 4.97. The molecule has 4 rings (SSSR count). The van der Waals surface area contributed by atoms with Gasteiger partial charge in [-0.05, 0) is 6.07 Å². The molecule has 0 aromatic carbocycles. The van der Waals surface area contributed by atoms with Gasteiger partial charge in [0, 0.05) is 41.6 Å². The molecule has 0 saturated carbocycles. The number of aromatic nitrogens is 4. The third kappa shape index (κ3) is 3.81. The van der Waals surface area contributed by atoms with Crippen LogP contribution in [0.15, 0.2) is 47.0 Å². The van der Waals surface area contributed by atoms with E-state index in [2.05, 4.69) is 27.2 Å². The number of hydrogen-bond acceptors (Lipinski definition) is 5.